The number of hydrogen-bond acceptors (Lipinski definition) is 3. The van der Waals surface area contributed by atoms with Gasteiger partial charge >= 0.3 is 0 Å². The predicted molar refractivity (Wildman–Crippen MR) is 38.6 cm³/mol. The average molecular weight is 146 g/mol. The smallest absolute Gasteiger partial charge is 0.248 e. The van der Waals surface area contributed by atoms with Crippen LogP contribution in [0.3, 0.4) is 0 Å². The Balaban J connectivity index is 3.41. The van der Waals surface area contributed by atoms with Gasteiger partial charge in [-0.2, -0.15) is 0 Å². The van der Waals surface area contributed by atoms with Crippen molar-refractivity contribution in [3.05, 3.63) is 0 Å². The standard InChI is InChI=1S/C6H14N2O2/c1-7-4-3-5(9)6(10)8-2/h5,7,9H,3-4H2,1-2H3,(H,8,10). The molecular formula is C6H14N2O2. The van der Waals surface area contributed by atoms with Crippen LogP contribution in [0.4, 0.5) is 0 Å². The maximum Gasteiger partial charge on any atom is 0.248 e. The van der Waals surface area contributed by atoms with Crippen molar-refractivity contribution >= 4 is 5.91 Å². The molecule has 0 rings (SSSR count). The zero-order chi connectivity index (χ0) is 7.98. The first kappa shape index (κ1) is 9.39. The van der Waals surface area contributed by atoms with E-state index in [4.69, 9.17) is 5.11 Å². The molecule has 0 aliphatic carbocycles. The molecule has 0 heterocycles. The highest BCUT2D eigenvalue weighted by molar-refractivity contribution is 5.80. The Hall–Kier alpha value is -0.610. The lowest BCUT2D eigenvalue weighted by Crippen LogP contribution is -2.33. The van der Waals surface area contributed by atoms with Crippen molar-refractivity contribution in [2.75, 3.05) is 20.6 Å². The van der Waals surface area contributed by atoms with E-state index >= 15 is 0 Å². The summed E-state index contributed by atoms with van der Waals surface area (Å²) in [5.41, 5.74) is 0. The van der Waals surface area contributed by atoms with Crippen LogP contribution in [0.5, 0.6) is 0 Å². The van der Waals surface area contributed by atoms with Crippen molar-refractivity contribution in [1.82, 2.24) is 10.6 Å². The lowest BCUT2D eigenvalue weighted by Gasteiger charge is -2.06. The van der Waals surface area contributed by atoms with Crippen LogP contribution in [0, 0.1) is 0 Å². The number of aliphatic hydroxyl groups is 1. The Kier molecular flexibility index (Phi) is 4.88. The second-order valence-corrected chi connectivity index (χ2v) is 2.02. The number of carbonyl (C=O) groups is 1. The molecule has 60 valence electrons. The fourth-order valence-corrected chi connectivity index (χ4v) is 0.579. The van der Waals surface area contributed by atoms with E-state index in [1.165, 1.54) is 7.05 Å². The third-order valence-electron chi connectivity index (χ3n) is 1.22. The highest BCUT2D eigenvalue weighted by Gasteiger charge is 2.10. The first-order valence-corrected chi connectivity index (χ1v) is 3.26. The highest BCUT2D eigenvalue weighted by Crippen LogP contribution is 1.87. The number of carbonyl (C=O) groups excluding carboxylic acids is 1. The van der Waals surface area contributed by atoms with E-state index in [0.717, 1.165) is 0 Å². The van der Waals surface area contributed by atoms with Crippen LogP contribution in [0.15, 0.2) is 0 Å². The summed E-state index contributed by atoms with van der Waals surface area (Å²) in [6.07, 6.45) is -0.423. The molecule has 10 heavy (non-hydrogen) atoms. The summed E-state index contributed by atoms with van der Waals surface area (Å²) >= 11 is 0. The molecule has 0 saturated heterocycles. The fourth-order valence-electron chi connectivity index (χ4n) is 0.579. The van der Waals surface area contributed by atoms with E-state index in [1.807, 2.05) is 0 Å². The minimum absolute atomic E-state index is 0.324. The third kappa shape index (κ3) is 3.42. The molecular weight excluding hydrogens is 132 g/mol. The molecule has 0 aliphatic heterocycles. The molecule has 0 fully saturated rings. The first-order valence-electron chi connectivity index (χ1n) is 3.26. The summed E-state index contributed by atoms with van der Waals surface area (Å²) < 4.78 is 0. The summed E-state index contributed by atoms with van der Waals surface area (Å²) in [7, 11) is 3.28. The zero-order valence-electron chi connectivity index (χ0n) is 6.35. The van der Waals surface area contributed by atoms with E-state index in [1.54, 1.807) is 7.05 Å². The van der Waals surface area contributed by atoms with Gasteiger partial charge in [-0.25, -0.2) is 0 Å². The van der Waals surface area contributed by atoms with Gasteiger partial charge in [0.1, 0.15) is 6.10 Å². The number of aliphatic hydroxyl groups excluding tert-OH is 1. The van der Waals surface area contributed by atoms with Gasteiger partial charge in [-0.15, -0.1) is 0 Å². The Morgan fingerprint density at radius 2 is 2.20 bits per heavy atom. The molecule has 0 aromatic carbocycles. The van der Waals surface area contributed by atoms with Gasteiger partial charge in [-0.05, 0) is 20.0 Å². The number of likely N-dealkylation sites (N-methyl/N-ethyl adjacent to an activating group) is 1. The highest BCUT2D eigenvalue weighted by atomic mass is 16.3. The van der Waals surface area contributed by atoms with Gasteiger partial charge < -0.3 is 15.7 Å². The lowest BCUT2D eigenvalue weighted by atomic mass is 10.2. The lowest BCUT2D eigenvalue weighted by molar-refractivity contribution is -0.129. The second kappa shape index (κ2) is 5.20. The number of hydrogen-bond donors (Lipinski definition) is 3. The normalized spacial score (nSPS) is 12.7. The molecule has 1 amide bonds. The summed E-state index contributed by atoms with van der Waals surface area (Å²) in [6, 6.07) is 0. The van der Waals surface area contributed by atoms with Gasteiger partial charge in [0.15, 0.2) is 0 Å². The Labute approximate surface area is 60.6 Å². The van der Waals surface area contributed by atoms with Crippen LogP contribution in [-0.4, -0.2) is 37.8 Å². The van der Waals surface area contributed by atoms with Crippen LogP contribution in [0.1, 0.15) is 6.42 Å². The maximum absolute atomic E-state index is 10.6. The van der Waals surface area contributed by atoms with Gasteiger partial charge in [-0.3, -0.25) is 4.79 Å². The molecule has 0 aliphatic rings. The fraction of sp³-hybridized carbons (Fsp3) is 0.833. The molecule has 0 aromatic heterocycles. The van der Waals surface area contributed by atoms with Crippen molar-refractivity contribution < 1.29 is 9.90 Å². The third-order valence-corrected chi connectivity index (χ3v) is 1.22. The molecule has 4 heteroatoms. The van der Waals surface area contributed by atoms with Crippen LogP contribution >= 0.6 is 0 Å². The van der Waals surface area contributed by atoms with Crippen LogP contribution in [0.2, 0.25) is 0 Å². The Bertz CT molecular complexity index is 106. The van der Waals surface area contributed by atoms with Crippen molar-refractivity contribution in [3.8, 4) is 0 Å². The average Bonchev–Trinajstić information content (AvgIpc) is 1.98. The first-order chi connectivity index (χ1) is 4.72. The van der Waals surface area contributed by atoms with Crippen molar-refractivity contribution in [3.63, 3.8) is 0 Å². The monoisotopic (exact) mass is 146 g/mol. The van der Waals surface area contributed by atoms with Crippen LogP contribution in [-0.2, 0) is 4.79 Å². The second-order valence-electron chi connectivity index (χ2n) is 2.02. The molecule has 0 bridgehead atoms. The van der Waals surface area contributed by atoms with Crippen molar-refractivity contribution in [2.24, 2.45) is 0 Å². The van der Waals surface area contributed by atoms with E-state index in [-0.39, 0.29) is 5.91 Å². The molecule has 1 unspecified atom stereocenters. The van der Waals surface area contributed by atoms with Crippen molar-refractivity contribution in [1.29, 1.82) is 0 Å². The molecule has 3 N–H and O–H groups in total. The van der Waals surface area contributed by atoms with E-state index in [2.05, 4.69) is 10.6 Å². The minimum atomic E-state index is -0.877. The van der Waals surface area contributed by atoms with E-state index in [0.29, 0.717) is 13.0 Å². The van der Waals surface area contributed by atoms with Gasteiger partial charge in [-0.1, -0.05) is 0 Å². The number of rotatable bonds is 4. The summed E-state index contributed by atoms with van der Waals surface area (Å²) in [6.45, 7) is 0.647. The topological polar surface area (TPSA) is 61.4 Å². The summed E-state index contributed by atoms with van der Waals surface area (Å²) in [4.78, 5) is 10.6. The van der Waals surface area contributed by atoms with Crippen molar-refractivity contribution in [2.45, 2.75) is 12.5 Å². The van der Waals surface area contributed by atoms with Gasteiger partial charge in [0.25, 0.3) is 0 Å². The summed E-state index contributed by atoms with van der Waals surface area (Å²) in [5.74, 6) is -0.324. The summed E-state index contributed by atoms with van der Waals surface area (Å²) in [5, 5.41) is 14.2. The van der Waals surface area contributed by atoms with Gasteiger partial charge in [0.2, 0.25) is 5.91 Å². The molecule has 0 spiro atoms. The molecule has 1 atom stereocenters. The predicted octanol–water partition coefficient (Wildman–Crippen LogP) is -1.30. The van der Waals surface area contributed by atoms with E-state index in [9.17, 15) is 4.79 Å². The largest absolute Gasteiger partial charge is 0.383 e. The van der Waals surface area contributed by atoms with Gasteiger partial charge in [0, 0.05) is 7.05 Å². The Morgan fingerprint density at radius 3 is 2.60 bits per heavy atom. The number of amides is 1. The SMILES string of the molecule is CNCCC(O)C(=O)NC. The van der Waals surface area contributed by atoms with Crippen LogP contribution < -0.4 is 10.6 Å². The van der Waals surface area contributed by atoms with E-state index < -0.39 is 6.10 Å². The van der Waals surface area contributed by atoms with Gasteiger partial charge in [0.05, 0.1) is 0 Å². The quantitative estimate of drug-likeness (QED) is 0.462. The van der Waals surface area contributed by atoms with Crippen LogP contribution in [0.25, 0.3) is 0 Å². The number of nitrogens with one attached hydrogen (secondary N) is 2. The molecule has 4 nitrogen and oxygen atoms in total. The molecule has 0 saturated carbocycles. The molecule has 0 aromatic rings. The maximum atomic E-state index is 10.6. The molecule has 0 radical (unpaired) electrons. The Morgan fingerprint density at radius 1 is 1.60 bits per heavy atom. The minimum Gasteiger partial charge on any atom is -0.383 e. The zero-order valence-corrected chi connectivity index (χ0v) is 6.35.